The van der Waals surface area contributed by atoms with Crippen molar-refractivity contribution in [2.75, 3.05) is 26.2 Å². The Labute approximate surface area is 190 Å². The summed E-state index contributed by atoms with van der Waals surface area (Å²) in [4.78, 5) is 23.7. The minimum atomic E-state index is 0. The van der Waals surface area contributed by atoms with Crippen molar-refractivity contribution < 1.29 is 9.32 Å². The van der Waals surface area contributed by atoms with Gasteiger partial charge in [0.1, 0.15) is 0 Å². The molecule has 1 atom stereocenters. The summed E-state index contributed by atoms with van der Waals surface area (Å²) in [5.74, 6) is 2.77. The summed E-state index contributed by atoms with van der Waals surface area (Å²) >= 11 is 0. The van der Waals surface area contributed by atoms with Crippen LogP contribution in [-0.4, -0.2) is 59.1 Å². The van der Waals surface area contributed by atoms with Gasteiger partial charge in [0.15, 0.2) is 11.8 Å². The van der Waals surface area contributed by atoms with E-state index in [0.29, 0.717) is 24.2 Å². The average Bonchev–Trinajstić information content (AvgIpc) is 3.34. The molecule has 2 N–H and O–H groups in total. The van der Waals surface area contributed by atoms with Gasteiger partial charge in [0.2, 0.25) is 11.8 Å². The summed E-state index contributed by atoms with van der Waals surface area (Å²) in [7, 11) is 0. The Hall–Kier alpha value is -1.39. The van der Waals surface area contributed by atoms with Crippen molar-refractivity contribution >= 4 is 35.8 Å². The number of hydrogen-bond acceptors (Lipinski definition) is 5. The molecule has 8 nitrogen and oxygen atoms in total. The highest BCUT2D eigenvalue weighted by Gasteiger charge is 2.31. The fourth-order valence-electron chi connectivity index (χ4n) is 4.06. The molecule has 1 unspecified atom stereocenters. The maximum atomic E-state index is 12.7. The van der Waals surface area contributed by atoms with Gasteiger partial charge in [-0.2, -0.15) is 4.98 Å². The molecule has 9 heteroatoms. The zero-order chi connectivity index (χ0) is 19.8. The van der Waals surface area contributed by atoms with Gasteiger partial charge >= 0.3 is 0 Å². The van der Waals surface area contributed by atoms with E-state index in [1.165, 1.54) is 19.3 Å². The second-order valence-corrected chi connectivity index (χ2v) is 7.85. The first-order chi connectivity index (χ1) is 13.7. The van der Waals surface area contributed by atoms with E-state index in [4.69, 9.17) is 4.52 Å². The maximum absolute atomic E-state index is 12.7. The number of aryl methyl sites for hydroxylation is 2. The first-order valence-electron chi connectivity index (χ1n) is 10.8. The maximum Gasteiger partial charge on any atom is 0.226 e. The van der Waals surface area contributed by atoms with Crippen molar-refractivity contribution in [3.63, 3.8) is 0 Å². The quantitative estimate of drug-likeness (QED) is 0.250. The molecule has 1 aliphatic heterocycles. The predicted molar refractivity (Wildman–Crippen MR) is 123 cm³/mol. The van der Waals surface area contributed by atoms with Crippen molar-refractivity contribution in [3.05, 3.63) is 11.7 Å². The van der Waals surface area contributed by atoms with Gasteiger partial charge in [0, 0.05) is 44.6 Å². The molecule has 2 fully saturated rings. The smallest absolute Gasteiger partial charge is 0.226 e. The molecule has 3 rings (SSSR count). The SMILES string of the molecule is CCNC(=NCCCc1nc(C)no1)NC1CCN(C(=O)C2CCCCC2)C1.I. The Morgan fingerprint density at radius 1 is 1.28 bits per heavy atom. The van der Waals surface area contributed by atoms with Crippen LogP contribution in [0.5, 0.6) is 0 Å². The van der Waals surface area contributed by atoms with E-state index in [-0.39, 0.29) is 35.9 Å². The number of nitrogens with zero attached hydrogens (tertiary/aromatic N) is 4. The Bertz CT molecular complexity index is 659. The predicted octanol–water partition coefficient (Wildman–Crippen LogP) is 2.66. The zero-order valence-electron chi connectivity index (χ0n) is 17.7. The number of aliphatic imine (C=N–C) groups is 1. The molecule has 2 heterocycles. The third-order valence-electron chi connectivity index (χ3n) is 5.53. The van der Waals surface area contributed by atoms with Crippen LogP contribution in [0.25, 0.3) is 0 Å². The van der Waals surface area contributed by atoms with Gasteiger partial charge in [-0.1, -0.05) is 24.4 Å². The Balaban J connectivity index is 0.00000300. The molecule has 1 aromatic rings. The van der Waals surface area contributed by atoms with Gasteiger partial charge in [0.25, 0.3) is 0 Å². The zero-order valence-corrected chi connectivity index (χ0v) is 20.0. The molecule has 0 radical (unpaired) electrons. The lowest BCUT2D eigenvalue weighted by atomic mass is 9.88. The Kier molecular flexibility index (Phi) is 10.2. The second-order valence-electron chi connectivity index (χ2n) is 7.85. The van der Waals surface area contributed by atoms with E-state index in [0.717, 1.165) is 57.7 Å². The van der Waals surface area contributed by atoms with Crippen molar-refractivity contribution in [2.45, 2.75) is 71.3 Å². The topological polar surface area (TPSA) is 95.7 Å². The highest BCUT2D eigenvalue weighted by molar-refractivity contribution is 14.0. The summed E-state index contributed by atoms with van der Waals surface area (Å²) < 4.78 is 5.13. The number of halogens is 1. The van der Waals surface area contributed by atoms with E-state index in [9.17, 15) is 4.79 Å². The summed E-state index contributed by atoms with van der Waals surface area (Å²) in [5, 5.41) is 10.6. The fraction of sp³-hybridized carbons (Fsp3) is 0.800. The van der Waals surface area contributed by atoms with Gasteiger partial charge in [-0.25, -0.2) is 0 Å². The normalized spacial score (nSPS) is 20.4. The van der Waals surface area contributed by atoms with Crippen LogP contribution in [0, 0.1) is 12.8 Å². The summed E-state index contributed by atoms with van der Waals surface area (Å²) in [6.07, 6.45) is 8.38. The molecule has 1 aromatic heterocycles. The molecule has 1 aliphatic carbocycles. The lowest BCUT2D eigenvalue weighted by Crippen LogP contribution is -2.45. The van der Waals surface area contributed by atoms with Crippen molar-refractivity contribution in [1.29, 1.82) is 0 Å². The highest BCUT2D eigenvalue weighted by atomic mass is 127. The number of nitrogens with one attached hydrogen (secondary N) is 2. The van der Waals surface area contributed by atoms with Crippen molar-refractivity contribution in [2.24, 2.45) is 10.9 Å². The van der Waals surface area contributed by atoms with Crippen LogP contribution in [-0.2, 0) is 11.2 Å². The minimum absolute atomic E-state index is 0. The van der Waals surface area contributed by atoms with Crippen LogP contribution in [0.15, 0.2) is 9.52 Å². The largest absolute Gasteiger partial charge is 0.357 e. The van der Waals surface area contributed by atoms with Gasteiger partial charge in [-0.15, -0.1) is 24.0 Å². The summed E-state index contributed by atoms with van der Waals surface area (Å²) in [6.45, 7) is 7.01. The molecule has 164 valence electrons. The average molecular weight is 518 g/mol. The van der Waals surface area contributed by atoms with Crippen LogP contribution in [0.4, 0.5) is 0 Å². The molecule has 0 bridgehead atoms. The molecule has 0 spiro atoms. The van der Waals surface area contributed by atoms with Gasteiger partial charge in [-0.05, 0) is 39.5 Å². The standard InChI is InChI=1S/C20H34N6O2.HI/c1-3-21-20(22-12-7-10-18-23-15(2)25-28-18)24-17-11-13-26(14-17)19(27)16-8-5-4-6-9-16;/h16-17H,3-14H2,1-2H3,(H2,21,22,24);1H. The number of rotatable bonds is 7. The van der Waals surface area contributed by atoms with E-state index in [1.54, 1.807) is 0 Å². The summed E-state index contributed by atoms with van der Waals surface area (Å²) in [5.41, 5.74) is 0. The van der Waals surface area contributed by atoms with Crippen LogP contribution in [0.1, 0.15) is 63.6 Å². The third-order valence-corrected chi connectivity index (χ3v) is 5.53. The molecule has 1 saturated heterocycles. The number of guanidine groups is 1. The monoisotopic (exact) mass is 518 g/mol. The first kappa shape index (κ1) is 23.9. The molecule has 2 aliphatic rings. The lowest BCUT2D eigenvalue weighted by molar-refractivity contribution is -0.135. The fourth-order valence-corrected chi connectivity index (χ4v) is 4.06. The second kappa shape index (κ2) is 12.3. The van der Waals surface area contributed by atoms with E-state index < -0.39 is 0 Å². The number of carbonyl (C=O) groups excluding carboxylic acids is 1. The van der Waals surface area contributed by atoms with Crippen LogP contribution < -0.4 is 10.6 Å². The highest BCUT2D eigenvalue weighted by Crippen LogP contribution is 2.26. The summed E-state index contributed by atoms with van der Waals surface area (Å²) in [6, 6.07) is 0.268. The van der Waals surface area contributed by atoms with Crippen molar-refractivity contribution in [1.82, 2.24) is 25.7 Å². The van der Waals surface area contributed by atoms with E-state index >= 15 is 0 Å². The van der Waals surface area contributed by atoms with Crippen LogP contribution in [0.2, 0.25) is 0 Å². The van der Waals surface area contributed by atoms with Crippen LogP contribution >= 0.6 is 24.0 Å². The lowest BCUT2D eigenvalue weighted by Gasteiger charge is -2.26. The van der Waals surface area contributed by atoms with Crippen molar-refractivity contribution in [3.8, 4) is 0 Å². The number of likely N-dealkylation sites (tertiary alicyclic amines) is 1. The number of aromatic nitrogens is 2. The molecular formula is C20H35IN6O2. The number of amides is 1. The van der Waals surface area contributed by atoms with E-state index in [1.807, 2.05) is 6.92 Å². The van der Waals surface area contributed by atoms with E-state index in [2.05, 4.69) is 37.6 Å². The van der Waals surface area contributed by atoms with Gasteiger partial charge in [-0.3, -0.25) is 9.79 Å². The molecule has 29 heavy (non-hydrogen) atoms. The third kappa shape index (κ3) is 7.42. The molecule has 1 amide bonds. The number of carbonyl (C=O) groups is 1. The molecule has 1 saturated carbocycles. The van der Waals surface area contributed by atoms with Gasteiger partial charge in [0.05, 0.1) is 0 Å². The molecule has 0 aromatic carbocycles. The Morgan fingerprint density at radius 3 is 2.76 bits per heavy atom. The first-order valence-corrected chi connectivity index (χ1v) is 10.8. The van der Waals surface area contributed by atoms with Gasteiger partial charge < -0.3 is 20.1 Å². The van der Waals surface area contributed by atoms with Crippen LogP contribution in [0.3, 0.4) is 0 Å². The Morgan fingerprint density at radius 2 is 2.07 bits per heavy atom. The number of hydrogen-bond donors (Lipinski definition) is 2. The molecular weight excluding hydrogens is 483 g/mol. The minimum Gasteiger partial charge on any atom is -0.357 e.